The molecule has 1 saturated heterocycles. The summed E-state index contributed by atoms with van der Waals surface area (Å²) in [6.07, 6.45) is 3.17. The molecule has 5 nitrogen and oxygen atoms in total. The van der Waals surface area contributed by atoms with Crippen LogP contribution in [0.5, 0.6) is 0 Å². The summed E-state index contributed by atoms with van der Waals surface area (Å²) < 4.78 is 11.1. The fourth-order valence-corrected chi connectivity index (χ4v) is 3.03. The van der Waals surface area contributed by atoms with Gasteiger partial charge in [-0.05, 0) is 36.4 Å². The molecule has 1 amide bonds. The minimum absolute atomic E-state index is 0.190. The maximum absolute atomic E-state index is 12.2. The van der Waals surface area contributed by atoms with E-state index in [0.717, 1.165) is 48.6 Å². The number of furan rings is 1. The van der Waals surface area contributed by atoms with Crippen LogP contribution in [0.3, 0.4) is 0 Å². The first kappa shape index (κ1) is 16.4. The van der Waals surface area contributed by atoms with Crippen LogP contribution in [-0.4, -0.2) is 32.2 Å². The number of nitrogens with zero attached hydrogens (tertiary/aromatic N) is 1. The van der Waals surface area contributed by atoms with Gasteiger partial charge in [0, 0.05) is 35.9 Å². The van der Waals surface area contributed by atoms with Gasteiger partial charge in [0.25, 0.3) is 0 Å². The summed E-state index contributed by atoms with van der Waals surface area (Å²) in [5.74, 6) is 0.466. The number of fused-ring (bicyclic) bond motifs is 1. The SMILES string of the molecule is O=C(C=Cc1cc2ccccc2o1)Nc1cccc(N2CCOCC2)c1. The zero-order valence-electron chi connectivity index (χ0n) is 14.4. The van der Waals surface area contributed by atoms with Crippen molar-refractivity contribution in [1.82, 2.24) is 0 Å². The van der Waals surface area contributed by atoms with Crippen molar-refractivity contribution in [1.29, 1.82) is 0 Å². The second-order valence-corrected chi connectivity index (χ2v) is 6.16. The first-order valence-corrected chi connectivity index (χ1v) is 8.68. The molecule has 1 fully saturated rings. The molecule has 2 heterocycles. The molecular weight excluding hydrogens is 328 g/mol. The van der Waals surface area contributed by atoms with Crippen LogP contribution in [0.4, 0.5) is 11.4 Å². The van der Waals surface area contributed by atoms with E-state index in [0.29, 0.717) is 5.76 Å². The zero-order chi connectivity index (χ0) is 17.8. The Morgan fingerprint density at radius 3 is 2.73 bits per heavy atom. The van der Waals surface area contributed by atoms with Gasteiger partial charge in [-0.1, -0.05) is 24.3 Å². The van der Waals surface area contributed by atoms with E-state index in [1.54, 1.807) is 6.08 Å². The normalized spacial score (nSPS) is 14.8. The molecule has 2 aromatic carbocycles. The molecule has 132 valence electrons. The van der Waals surface area contributed by atoms with Crippen LogP contribution < -0.4 is 10.2 Å². The van der Waals surface area contributed by atoms with Gasteiger partial charge in [-0.15, -0.1) is 0 Å². The summed E-state index contributed by atoms with van der Waals surface area (Å²) >= 11 is 0. The third-order valence-electron chi connectivity index (χ3n) is 4.33. The maximum atomic E-state index is 12.2. The van der Waals surface area contributed by atoms with Crippen LogP contribution in [0.15, 0.2) is 65.1 Å². The standard InChI is InChI=1S/C21H20N2O3/c24-21(9-8-19-14-16-4-1-2-7-20(16)26-19)22-17-5-3-6-18(15-17)23-10-12-25-13-11-23/h1-9,14-15H,10-13H2,(H,22,24). The van der Waals surface area contributed by atoms with Crippen molar-refractivity contribution < 1.29 is 13.9 Å². The number of para-hydroxylation sites is 1. The number of nitrogens with one attached hydrogen (secondary N) is 1. The number of benzene rings is 2. The van der Waals surface area contributed by atoms with Crippen LogP contribution in [0.25, 0.3) is 17.0 Å². The fourth-order valence-electron chi connectivity index (χ4n) is 3.03. The Bertz CT molecular complexity index is 906. The Labute approximate surface area is 151 Å². The van der Waals surface area contributed by atoms with Gasteiger partial charge < -0.3 is 19.4 Å². The van der Waals surface area contributed by atoms with Crippen molar-refractivity contribution in [2.75, 3.05) is 36.5 Å². The number of amides is 1. The predicted molar refractivity (Wildman–Crippen MR) is 103 cm³/mol. The lowest BCUT2D eigenvalue weighted by Crippen LogP contribution is -2.36. The van der Waals surface area contributed by atoms with Crippen LogP contribution in [0.1, 0.15) is 5.76 Å². The average molecular weight is 348 g/mol. The molecule has 0 unspecified atom stereocenters. The third-order valence-corrected chi connectivity index (χ3v) is 4.33. The van der Waals surface area contributed by atoms with Crippen LogP contribution in [-0.2, 0) is 9.53 Å². The van der Waals surface area contributed by atoms with Crippen molar-refractivity contribution in [2.45, 2.75) is 0 Å². The van der Waals surface area contributed by atoms with E-state index >= 15 is 0 Å². The molecule has 0 atom stereocenters. The smallest absolute Gasteiger partial charge is 0.248 e. The highest BCUT2D eigenvalue weighted by atomic mass is 16.5. The molecule has 0 radical (unpaired) electrons. The molecule has 0 spiro atoms. The lowest BCUT2D eigenvalue weighted by molar-refractivity contribution is -0.111. The summed E-state index contributed by atoms with van der Waals surface area (Å²) in [5, 5.41) is 3.92. The summed E-state index contributed by atoms with van der Waals surface area (Å²) in [4.78, 5) is 14.5. The largest absolute Gasteiger partial charge is 0.457 e. The lowest BCUT2D eigenvalue weighted by atomic mass is 10.2. The molecule has 1 aliphatic heterocycles. The van der Waals surface area contributed by atoms with Crippen LogP contribution in [0.2, 0.25) is 0 Å². The van der Waals surface area contributed by atoms with Crippen LogP contribution >= 0.6 is 0 Å². The molecule has 0 aliphatic carbocycles. The quantitative estimate of drug-likeness (QED) is 0.726. The molecular formula is C21H20N2O3. The van der Waals surface area contributed by atoms with Crippen LogP contribution in [0, 0.1) is 0 Å². The average Bonchev–Trinajstić information content (AvgIpc) is 3.10. The van der Waals surface area contributed by atoms with Crippen molar-refractivity contribution in [3.05, 3.63) is 66.4 Å². The summed E-state index contributed by atoms with van der Waals surface area (Å²) in [6.45, 7) is 3.19. The van der Waals surface area contributed by atoms with E-state index in [1.165, 1.54) is 6.08 Å². The number of morpholine rings is 1. The zero-order valence-corrected chi connectivity index (χ0v) is 14.4. The van der Waals surface area contributed by atoms with Gasteiger partial charge in [0.1, 0.15) is 11.3 Å². The van der Waals surface area contributed by atoms with E-state index in [1.807, 2.05) is 54.6 Å². The van der Waals surface area contributed by atoms with E-state index in [-0.39, 0.29) is 5.91 Å². The molecule has 26 heavy (non-hydrogen) atoms. The number of carbonyl (C=O) groups is 1. The van der Waals surface area contributed by atoms with Gasteiger partial charge in [-0.3, -0.25) is 4.79 Å². The van der Waals surface area contributed by atoms with Gasteiger partial charge in [-0.2, -0.15) is 0 Å². The Balaban J connectivity index is 1.42. The molecule has 1 aliphatic rings. The first-order valence-electron chi connectivity index (χ1n) is 8.68. The van der Waals surface area contributed by atoms with Crippen molar-refractivity contribution in [2.24, 2.45) is 0 Å². The molecule has 3 aromatic rings. The Morgan fingerprint density at radius 2 is 1.88 bits per heavy atom. The van der Waals surface area contributed by atoms with E-state index < -0.39 is 0 Å². The Morgan fingerprint density at radius 1 is 1.04 bits per heavy atom. The Kier molecular flexibility index (Phi) is 4.71. The highest BCUT2D eigenvalue weighted by Crippen LogP contribution is 2.21. The molecule has 0 bridgehead atoms. The lowest BCUT2D eigenvalue weighted by Gasteiger charge is -2.29. The van der Waals surface area contributed by atoms with Gasteiger partial charge in [-0.25, -0.2) is 0 Å². The Hall–Kier alpha value is -3.05. The summed E-state index contributed by atoms with van der Waals surface area (Å²) in [6, 6.07) is 17.5. The van der Waals surface area contributed by atoms with Crippen molar-refractivity contribution in [3.63, 3.8) is 0 Å². The van der Waals surface area contributed by atoms with Gasteiger partial charge in [0.2, 0.25) is 5.91 Å². The number of rotatable bonds is 4. The van der Waals surface area contributed by atoms with E-state index in [2.05, 4.69) is 10.2 Å². The van der Waals surface area contributed by atoms with Gasteiger partial charge in [0.15, 0.2) is 0 Å². The number of anilines is 2. The van der Waals surface area contributed by atoms with Gasteiger partial charge in [0.05, 0.1) is 13.2 Å². The number of hydrogen-bond donors (Lipinski definition) is 1. The number of hydrogen-bond acceptors (Lipinski definition) is 4. The molecule has 4 rings (SSSR count). The number of ether oxygens (including phenoxy) is 1. The second kappa shape index (κ2) is 7.45. The van der Waals surface area contributed by atoms with Gasteiger partial charge >= 0.3 is 0 Å². The molecule has 0 saturated carbocycles. The predicted octanol–water partition coefficient (Wildman–Crippen LogP) is 3.92. The highest BCUT2D eigenvalue weighted by molar-refractivity contribution is 6.02. The summed E-state index contributed by atoms with van der Waals surface area (Å²) in [7, 11) is 0. The fraction of sp³-hybridized carbons (Fsp3) is 0.190. The van der Waals surface area contributed by atoms with Crippen molar-refractivity contribution >= 4 is 34.3 Å². The van der Waals surface area contributed by atoms with E-state index in [4.69, 9.17) is 9.15 Å². The highest BCUT2D eigenvalue weighted by Gasteiger charge is 2.11. The maximum Gasteiger partial charge on any atom is 0.248 e. The van der Waals surface area contributed by atoms with E-state index in [9.17, 15) is 4.79 Å². The monoisotopic (exact) mass is 348 g/mol. The summed E-state index contributed by atoms with van der Waals surface area (Å²) in [5.41, 5.74) is 2.67. The number of carbonyl (C=O) groups excluding carboxylic acids is 1. The second-order valence-electron chi connectivity index (χ2n) is 6.16. The molecule has 1 N–H and O–H groups in total. The topological polar surface area (TPSA) is 54.7 Å². The minimum Gasteiger partial charge on any atom is -0.457 e. The first-order chi connectivity index (χ1) is 12.8. The third kappa shape index (κ3) is 3.78. The molecule has 1 aromatic heterocycles. The van der Waals surface area contributed by atoms with Crippen molar-refractivity contribution in [3.8, 4) is 0 Å². The molecule has 5 heteroatoms. The minimum atomic E-state index is -0.190.